The molecule has 43 heavy (non-hydrogen) atoms. The molecule has 3 aliphatic carbocycles. The number of fused-ring (bicyclic) bond motifs is 2. The minimum absolute atomic E-state index is 0.0857. The van der Waals surface area contributed by atoms with E-state index in [9.17, 15) is 46.5 Å². The molecule has 234 valence electrons. The van der Waals surface area contributed by atoms with Crippen molar-refractivity contribution < 1.29 is 46.5 Å². The molecule has 14 heteroatoms. The molecule has 4 unspecified atom stereocenters. The second-order valence-electron chi connectivity index (χ2n) is 11.8. The molecule has 5 N–H and O–H groups in total. The first-order valence-corrected chi connectivity index (χ1v) is 16.0. The summed E-state index contributed by atoms with van der Waals surface area (Å²) in [5.74, 6) is -7.48. The highest BCUT2D eigenvalue weighted by molar-refractivity contribution is 7.92. The van der Waals surface area contributed by atoms with Crippen molar-refractivity contribution in [2.24, 2.45) is 17.8 Å². The van der Waals surface area contributed by atoms with E-state index in [-0.39, 0.29) is 59.3 Å². The summed E-state index contributed by atoms with van der Waals surface area (Å²) < 4.78 is 68.2. The van der Waals surface area contributed by atoms with Crippen molar-refractivity contribution >= 4 is 38.9 Å². The van der Waals surface area contributed by atoms with Gasteiger partial charge in [0.05, 0.1) is 33.0 Å². The van der Waals surface area contributed by atoms with Crippen molar-refractivity contribution in [1.82, 2.24) is 5.32 Å². The van der Waals surface area contributed by atoms with Crippen LogP contribution in [0.5, 0.6) is 0 Å². The van der Waals surface area contributed by atoms with E-state index in [1.54, 1.807) is 0 Å². The molecule has 3 fully saturated rings. The molecule has 4 atom stereocenters. The van der Waals surface area contributed by atoms with Crippen molar-refractivity contribution in [1.29, 1.82) is 0 Å². The van der Waals surface area contributed by atoms with Gasteiger partial charge in [0.2, 0.25) is 5.91 Å². The summed E-state index contributed by atoms with van der Waals surface area (Å²) in [6.07, 6.45) is 0.309. The minimum Gasteiger partial charge on any atom is -0.390 e. The Bertz CT molecular complexity index is 1490. The Balaban J connectivity index is 1.31. The Kier molecular flexibility index (Phi) is 8.85. The average Bonchev–Trinajstić information content (AvgIpc) is 3.28. The molecule has 2 aromatic rings. The highest BCUT2D eigenvalue weighted by Gasteiger charge is 2.54. The van der Waals surface area contributed by atoms with Crippen LogP contribution in [-0.2, 0) is 14.6 Å². The van der Waals surface area contributed by atoms with Crippen LogP contribution in [0.25, 0.3) is 0 Å². The maximum absolute atomic E-state index is 13.9. The molecular weight excluding hydrogens is 613 g/mol. The number of carbonyl (C=O) groups excluding carboxylic acids is 2. The Morgan fingerprint density at radius 3 is 2.12 bits per heavy atom. The maximum atomic E-state index is 13.9. The number of halogens is 4. The fourth-order valence-electron chi connectivity index (χ4n) is 6.81. The predicted molar refractivity (Wildman–Crippen MR) is 149 cm³/mol. The number of rotatable bonds is 7. The summed E-state index contributed by atoms with van der Waals surface area (Å²) in [5, 5.41) is 35.2. The van der Waals surface area contributed by atoms with E-state index in [1.165, 1.54) is 12.1 Å². The van der Waals surface area contributed by atoms with Crippen molar-refractivity contribution in [3.05, 3.63) is 58.4 Å². The van der Waals surface area contributed by atoms with Gasteiger partial charge in [0.1, 0.15) is 0 Å². The summed E-state index contributed by atoms with van der Waals surface area (Å²) in [7, 11) is -4.13. The lowest BCUT2D eigenvalue weighted by Gasteiger charge is -2.51. The van der Waals surface area contributed by atoms with Gasteiger partial charge in [-0.15, -0.1) is 0 Å². The maximum Gasteiger partial charge on any atom is 0.255 e. The molecule has 2 amide bonds. The number of aliphatic hydroxyl groups excluding tert-OH is 2. The number of hydrogen-bond acceptors (Lipinski definition) is 7. The minimum atomic E-state index is -4.13. The largest absolute Gasteiger partial charge is 0.390 e. The Morgan fingerprint density at radius 1 is 0.953 bits per heavy atom. The number of aliphatic hydroxyl groups is 3. The summed E-state index contributed by atoms with van der Waals surface area (Å²) in [4.78, 5) is 25.2. The zero-order valence-electron chi connectivity index (χ0n) is 22.9. The van der Waals surface area contributed by atoms with Crippen LogP contribution in [0.2, 0.25) is 5.02 Å². The summed E-state index contributed by atoms with van der Waals surface area (Å²) in [5.41, 5.74) is -1.88. The van der Waals surface area contributed by atoms with Gasteiger partial charge in [-0.3, -0.25) is 9.59 Å². The van der Waals surface area contributed by atoms with E-state index >= 15 is 0 Å². The van der Waals surface area contributed by atoms with Crippen LogP contribution in [0.3, 0.4) is 0 Å². The first-order valence-electron chi connectivity index (χ1n) is 14.1. The molecule has 3 aliphatic rings. The van der Waals surface area contributed by atoms with Gasteiger partial charge < -0.3 is 26.0 Å². The summed E-state index contributed by atoms with van der Waals surface area (Å²) in [6, 6.07) is 4.72. The van der Waals surface area contributed by atoms with Crippen LogP contribution in [0, 0.1) is 35.2 Å². The van der Waals surface area contributed by atoms with E-state index < -0.39 is 74.0 Å². The number of carbonyl (C=O) groups is 2. The first kappa shape index (κ1) is 31.7. The Hall–Kier alpha value is -2.71. The van der Waals surface area contributed by atoms with Gasteiger partial charge in [-0.1, -0.05) is 18.0 Å². The number of hydrogen-bond donors (Lipinski definition) is 5. The van der Waals surface area contributed by atoms with Gasteiger partial charge in [-0.05, 0) is 68.6 Å². The van der Waals surface area contributed by atoms with E-state index in [2.05, 4.69) is 10.6 Å². The molecule has 9 nitrogen and oxygen atoms in total. The highest BCUT2D eigenvalue weighted by atomic mass is 35.5. The van der Waals surface area contributed by atoms with Gasteiger partial charge in [-0.2, -0.15) is 0 Å². The smallest absolute Gasteiger partial charge is 0.255 e. The quantitative estimate of drug-likeness (QED) is 0.290. The number of amides is 2. The monoisotopic (exact) mass is 644 g/mol. The topological polar surface area (TPSA) is 153 Å². The molecule has 3 saturated carbocycles. The normalized spacial score (nSPS) is 30.6. The van der Waals surface area contributed by atoms with Gasteiger partial charge in [0.15, 0.2) is 27.3 Å². The molecule has 5 rings (SSSR count). The van der Waals surface area contributed by atoms with Crippen LogP contribution in [0.4, 0.5) is 18.9 Å². The van der Waals surface area contributed by atoms with Crippen LogP contribution in [0.15, 0.2) is 35.2 Å². The third kappa shape index (κ3) is 6.15. The Morgan fingerprint density at radius 2 is 1.53 bits per heavy atom. The standard InChI is InChI=1S/C29H32ClF3N2O7S/c30-20-5-4-14(28(39)35-18-11-21(31)26(33)22(32)12-18)8-25(20)43(41,42)19-9-16-2-1-3-17(10-19)29(16,40)13-34-27(38)15-6-23(36)24(37)7-15/h4-5,8,11-12,15-17,19,23-24,36-37,40H,1-3,6-7,9-10,13H2,(H,34,38)(H,35,39). The fourth-order valence-corrected chi connectivity index (χ4v) is 9.22. The molecule has 0 aromatic heterocycles. The molecule has 0 radical (unpaired) electrons. The lowest BCUT2D eigenvalue weighted by atomic mass is 9.61. The van der Waals surface area contributed by atoms with Crippen molar-refractivity contribution in [3.63, 3.8) is 0 Å². The first-order chi connectivity index (χ1) is 20.2. The third-order valence-electron chi connectivity index (χ3n) is 9.21. The zero-order chi connectivity index (χ0) is 31.3. The van der Waals surface area contributed by atoms with Gasteiger partial charge in [-0.25, -0.2) is 21.6 Å². The van der Waals surface area contributed by atoms with Gasteiger partial charge >= 0.3 is 0 Å². The lowest BCUT2D eigenvalue weighted by molar-refractivity contribution is -0.135. The number of benzene rings is 2. The lowest BCUT2D eigenvalue weighted by Crippen LogP contribution is -2.60. The number of anilines is 1. The molecule has 0 aliphatic heterocycles. The second-order valence-corrected chi connectivity index (χ2v) is 14.4. The highest BCUT2D eigenvalue weighted by Crippen LogP contribution is 2.50. The molecule has 0 saturated heterocycles. The fraction of sp³-hybridized carbons (Fsp3) is 0.517. The Labute approximate surface area is 251 Å². The van der Waals surface area contributed by atoms with Crippen LogP contribution < -0.4 is 10.6 Å². The second kappa shape index (κ2) is 12.0. The molecule has 2 aromatic carbocycles. The zero-order valence-corrected chi connectivity index (χ0v) is 24.5. The molecular formula is C29H32ClF3N2O7S. The van der Waals surface area contributed by atoms with Crippen molar-refractivity contribution in [2.45, 2.75) is 72.9 Å². The van der Waals surface area contributed by atoms with E-state index in [0.717, 1.165) is 12.5 Å². The molecule has 0 heterocycles. The van der Waals surface area contributed by atoms with E-state index in [4.69, 9.17) is 11.6 Å². The molecule has 2 bridgehead atoms. The average molecular weight is 645 g/mol. The molecule has 0 spiro atoms. The predicted octanol–water partition coefficient (Wildman–Crippen LogP) is 3.34. The van der Waals surface area contributed by atoms with Crippen LogP contribution in [0.1, 0.15) is 55.3 Å². The van der Waals surface area contributed by atoms with E-state index in [1.807, 2.05) is 0 Å². The van der Waals surface area contributed by atoms with Gasteiger partial charge in [0, 0.05) is 35.8 Å². The number of nitrogens with one attached hydrogen (secondary N) is 2. The van der Waals surface area contributed by atoms with Crippen LogP contribution in [-0.4, -0.2) is 65.2 Å². The van der Waals surface area contributed by atoms with E-state index in [0.29, 0.717) is 25.0 Å². The van der Waals surface area contributed by atoms with Crippen molar-refractivity contribution in [3.8, 4) is 0 Å². The SMILES string of the molecule is O=C(Nc1cc(F)c(F)c(F)c1)c1ccc(Cl)c(S(=O)(=O)C2CC3CCCC(C2)C3(O)CNC(=O)C2CC(O)C(O)C2)c1. The third-order valence-corrected chi connectivity index (χ3v) is 11.9. The van der Waals surface area contributed by atoms with Crippen LogP contribution >= 0.6 is 11.6 Å². The number of sulfone groups is 1. The van der Waals surface area contributed by atoms with Crippen molar-refractivity contribution in [2.75, 3.05) is 11.9 Å². The summed E-state index contributed by atoms with van der Waals surface area (Å²) >= 11 is 6.28. The van der Waals surface area contributed by atoms with Gasteiger partial charge in [0.25, 0.3) is 5.91 Å². The summed E-state index contributed by atoms with van der Waals surface area (Å²) in [6.45, 7) is -0.0857.